The Morgan fingerprint density at radius 1 is 1.33 bits per heavy atom. The van der Waals surface area contributed by atoms with Gasteiger partial charge in [0.1, 0.15) is 11.6 Å². The van der Waals surface area contributed by atoms with Gasteiger partial charge in [0.2, 0.25) is 0 Å². The van der Waals surface area contributed by atoms with Crippen LogP contribution in [0, 0.1) is 0 Å². The summed E-state index contributed by atoms with van der Waals surface area (Å²) >= 11 is 0. The fourth-order valence-corrected chi connectivity index (χ4v) is 2.64. The predicted molar refractivity (Wildman–Crippen MR) is 90.2 cm³/mol. The number of ether oxygens (including phenoxy) is 1. The molecule has 1 aliphatic rings. The maximum atomic E-state index is 12.2. The molecule has 0 spiro atoms. The van der Waals surface area contributed by atoms with Crippen molar-refractivity contribution in [2.75, 3.05) is 6.61 Å². The normalized spacial score (nSPS) is 14.0. The number of carbonyl (C=O) groups excluding carboxylic acids is 1. The number of nitrogens with zero attached hydrogens (tertiary/aromatic N) is 1. The zero-order chi connectivity index (χ0) is 16.9. The first-order chi connectivity index (χ1) is 11.7. The van der Waals surface area contributed by atoms with Gasteiger partial charge in [-0.1, -0.05) is 6.42 Å². The number of aromatic amines is 1. The number of carbonyl (C=O) groups is 1. The highest BCUT2D eigenvalue weighted by Gasteiger charge is 2.22. The molecule has 3 rings (SSSR count). The third-order valence-corrected chi connectivity index (χ3v) is 4.16. The molecule has 0 bridgehead atoms. The third-order valence-electron chi connectivity index (χ3n) is 4.16. The molecule has 1 fully saturated rings. The molecule has 24 heavy (non-hydrogen) atoms. The standard InChI is InChI=1S/C18H21N3O3/c1-2-24-15-8-6-13(7-9-15)18(23)19-11-14-10-16(22)21-17(20-14)12-4-3-5-12/h6-10,12H,2-5,11H2,1H3,(H,19,23)(H,20,21,22). The van der Waals surface area contributed by atoms with E-state index >= 15 is 0 Å². The topological polar surface area (TPSA) is 84.1 Å². The van der Waals surface area contributed by atoms with Crippen molar-refractivity contribution >= 4 is 5.91 Å². The number of benzene rings is 1. The van der Waals surface area contributed by atoms with Gasteiger partial charge in [-0.3, -0.25) is 9.59 Å². The summed E-state index contributed by atoms with van der Waals surface area (Å²) in [5.74, 6) is 1.61. The van der Waals surface area contributed by atoms with Crippen molar-refractivity contribution in [2.24, 2.45) is 0 Å². The van der Waals surface area contributed by atoms with Crippen molar-refractivity contribution in [1.29, 1.82) is 0 Å². The Labute approximate surface area is 140 Å². The van der Waals surface area contributed by atoms with Crippen molar-refractivity contribution in [3.05, 3.63) is 57.8 Å². The lowest BCUT2D eigenvalue weighted by molar-refractivity contribution is 0.0950. The Morgan fingerprint density at radius 2 is 2.08 bits per heavy atom. The summed E-state index contributed by atoms with van der Waals surface area (Å²) < 4.78 is 5.35. The van der Waals surface area contributed by atoms with E-state index < -0.39 is 0 Å². The summed E-state index contributed by atoms with van der Waals surface area (Å²) in [6, 6.07) is 8.38. The van der Waals surface area contributed by atoms with Crippen molar-refractivity contribution in [1.82, 2.24) is 15.3 Å². The van der Waals surface area contributed by atoms with Gasteiger partial charge in [-0.2, -0.15) is 0 Å². The molecular formula is C18H21N3O3. The Balaban J connectivity index is 1.63. The Kier molecular flexibility index (Phi) is 4.93. The van der Waals surface area contributed by atoms with E-state index in [1.165, 1.54) is 12.5 Å². The lowest BCUT2D eigenvalue weighted by Gasteiger charge is -2.24. The summed E-state index contributed by atoms with van der Waals surface area (Å²) in [5, 5.41) is 2.80. The van der Waals surface area contributed by atoms with Gasteiger partial charge < -0.3 is 15.0 Å². The van der Waals surface area contributed by atoms with Crippen LogP contribution in [0.2, 0.25) is 0 Å². The van der Waals surface area contributed by atoms with E-state index in [-0.39, 0.29) is 18.0 Å². The van der Waals surface area contributed by atoms with Crippen molar-refractivity contribution in [2.45, 2.75) is 38.6 Å². The van der Waals surface area contributed by atoms with Crippen LogP contribution in [0.4, 0.5) is 0 Å². The van der Waals surface area contributed by atoms with E-state index in [0.29, 0.717) is 23.8 Å². The molecular weight excluding hydrogens is 306 g/mol. The molecule has 0 saturated heterocycles. The van der Waals surface area contributed by atoms with Gasteiger partial charge in [-0.25, -0.2) is 4.98 Å². The molecule has 1 aliphatic carbocycles. The summed E-state index contributed by atoms with van der Waals surface area (Å²) in [5.41, 5.74) is 0.958. The van der Waals surface area contributed by atoms with Crippen LogP contribution in [-0.2, 0) is 6.54 Å². The number of nitrogens with one attached hydrogen (secondary N) is 2. The van der Waals surface area contributed by atoms with Crippen molar-refractivity contribution < 1.29 is 9.53 Å². The minimum atomic E-state index is -0.203. The van der Waals surface area contributed by atoms with Crippen molar-refractivity contribution in [3.8, 4) is 5.75 Å². The maximum Gasteiger partial charge on any atom is 0.251 e. The van der Waals surface area contributed by atoms with Gasteiger partial charge in [0.15, 0.2) is 0 Å². The average Bonchev–Trinajstić information content (AvgIpc) is 2.51. The first kappa shape index (κ1) is 16.2. The van der Waals surface area contributed by atoms with E-state index in [0.717, 1.165) is 24.4 Å². The second-order valence-electron chi connectivity index (χ2n) is 5.89. The molecule has 1 aromatic heterocycles. The lowest BCUT2D eigenvalue weighted by Crippen LogP contribution is -2.26. The first-order valence-electron chi connectivity index (χ1n) is 8.27. The van der Waals surface area contributed by atoms with E-state index in [1.54, 1.807) is 24.3 Å². The average molecular weight is 327 g/mol. The van der Waals surface area contributed by atoms with Crippen LogP contribution < -0.4 is 15.6 Å². The van der Waals surface area contributed by atoms with Gasteiger partial charge in [0.25, 0.3) is 11.5 Å². The van der Waals surface area contributed by atoms with E-state index in [2.05, 4.69) is 15.3 Å². The van der Waals surface area contributed by atoms with Gasteiger partial charge in [0, 0.05) is 17.5 Å². The molecule has 0 radical (unpaired) electrons. The fraction of sp³-hybridized carbons (Fsp3) is 0.389. The Hall–Kier alpha value is -2.63. The van der Waals surface area contributed by atoms with Crippen LogP contribution in [0.5, 0.6) is 5.75 Å². The SMILES string of the molecule is CCOc1ccc(C(=O)NCc2cc(=O)[nH]c(C3CCC3)n2)cc1. The Bertz CT molecular complexity index is 764. The number of hydrogen-bond acceptors (Lipinski definition) is 4. The molecule has 0 aliphatic heterocycles. The van der Waals surface area contributed by atoms with Crippen LogP contribution in [-0.4, -0.2) is 22.5 Å². The molecule has 126 valence electrons. The largest absolute Gasteiger partial charge is 0.494 e. The number of hydrogen-bond donors (Lipinski definition) is 2. The molecule has 6 heteroatoms. The Morgan fingerprint density at radius 3 is 2.71 bits per heavy atom. The lowest BCUT2D eigenvalue weighted by atomic mass is 9.85. The molecule has 2 N–H and O–H groups in total. The molecule has 1 saturated carbocycles. The zero-order valence-corrected chi connectivity index (χ0v) is 13.7. The van der Waals surface area contributed by atoms with Crippen LogP contribution in [0.1, 0.15) is 54.0 Å². The van der Waals surface area contributed by atoms with E-state index in [4.69, 9.17) is 4.74 Å². The summed E-state index contributed by atoms with van der Waals surface area (Å²) in [6.07, 6.45) is 3.29. The summed E-state index contributed by atoms with van der Waals surface area (Å²) in [7, 11) is 0. The van der Waals surface area contributed by atoms with Crippen LogP contribution >= 0.6 is 0 Å². The molecule has 2 aromatic rings. The highest BCUT2D eigenvalue weighted by molar-refractivity contribution is 5.94. The van der Waals surface area contributed by atoms with E-state index in [9.17, 15) is 9.59 Å². The highest BCUT2D eigenvalue weighted by Crippen LogP contribution is 2.33. The van der Waals surface area contributed by atoms with Crippen LogP contribution in [0.3, 0.4) is 0 Å². The van der Waals surface area contributed by atoms with E-state index in [1.807, 2.05) is 6.92 Å². The zero-order valence-electron chi connectivity index (χ0n) is 13.7. The number of aromatic nitrogens is 2. The molecule has 1 heterocycles. The van der Waals surface area contributed by atoms with Crippen molar-refractivity contribution in [3.63, 3.8) is 0 Å². The number of rotatable bonds is 6. The van der Waals surface area contributed by atoms with Crippen LogP contribution in [0.25, 0.3) is 0 Å². The predicted octanol–water partition coefficient (Wildman–Crippen LogP) is 2.37. The maximum absolute atomic E-state index is 12.2. The smallest absolute Gasteiger partial charge is 0.251 e. The molecule has 1 amide bonds. The summed E-state index contributed by atoms with van der Waals surface area (Å²) in [4.78, 5) is 31.2. The number of amides is 1. The minimum absolute atomic E-state index is 0.169. The minimum Gasteiger partial charge on any atom is -0.494 e. The molecule has 6 nitrogen and oxygen atoms in total. The molecule has 0 unspecified atom stereocenters. The second-order valence-corrected chi connectivity index (χ2v) is 5.89. The van der Waals surface area contributed by atoms with Crippen LogP contribution in [0.15, 0.2) is 35.1 Å². The quantitative estimate of drug-likeness (QED) is 0.853. The highest BCUT2D eigenvalue weighted by atomic mass is 16.5. The fourth-order valence-electron chi connectivity index (χ4n) is 2.64. The molecule has 0 atom stereocenters. The van der Waals surface area contributed by atoms with Gasteiger partial charge in [-0.15, -0.1) is 0 Å². The third kappa shape index (κ3) is 3.82. The number of H-pyrrole nitrogens is 1. The van der Waals surface area contributed by atoms with Gasteiger partial charge in [-0.05, 0) is 44.0 Å². The van der Waals surface area contributed by atoms with Gasteiger partial charge in [0.05, 0.1) is 18.8 Å². The second kappa shape index (κ2) is 7.29. The first-order valence-corrected chi connectivity index (χ1v) is 8.27. The molecule has 1 aromatic carbocycles. The van der Waals surface area contributed by atoms with Gasteiger partial charge >= 0.3 is 0 Å². The monoisotopic (exact) mass is 327 g/mol. The summed E-state index contributed by atoms with van der Waals surface area (Å²) in [6.45, 7) is 2.73.